The van der Waals surface area contributed by atoms with E-state index in [-0.39, 0.29) is 23.9 Å². The number of carbonyl (C=O) groups is 2. The van der Waals surface area contributed by atoms with Gasteiger partial charge in [-0.2, -0.15) is 0 Å². The molecule has 2 heterocycles. The zero-order valence-corrected chi connectivity index (χ0v) is 17.7. The van der Waals surface area contributed by atoms with Crippen LogP contribution in [0.4, 0.5) is 0 Å². The van der Waals surface area contributed by atoms with Crippen LogP contribution < -0.4 is 0 Å². The lowest BCUT2D eigenvalue weighted by Crippen LogP contribution is -2.40. The van der Waals surface area contributed by atoms with Crippen LogP contribution in [0.5, 0.6) is 0 Å². The van der Waals surface area contributed by atoms with Crippen molar-refractivity contribution >= 4 is 21.8 Å². The van der Waals surface area contributed by atoms with Crippen molar-refractivity contribution in [3.63, 3.8) is 0 Å². The zero-order chi connectivity index (χ0) is 20.6. The highest BCUT2D eigenvalue weighted by molar-refractivity contribution is 7.89. The minimum Gasteiger partial charge on any atom is -0.343 e. The van der Waals surface area contributed by atoms with Gasteiger partial charge in [-0.1, -0.05) is 26.3 Å². The van der Waals surface area contributed by atoms with Gasteiger partial charge in [-0.05, 0) is 43.7 Å². The predicted molar refractivity (Wildman–Crippen MR) is 108 cm³/mol. The molecule has 0 atom stereocenters. The van der Waals surface area contributed by atoms with E-state index in [0.29, 0.717) is 32.4 Å². The van der Waals surface area contributed by atoms with Crippen LogP contribution in [0, 0.1) is 0 Å². The molecule has 0 aliphatic carbocycles. The average Bonchev–Trinajstić information content (AvgIpc) is 3.08. The SMILES string of the molecule is CCCCc1ccc(C(=O)N(CCCN2CCCC2=O)S(=O)(=O)CCC)nc1. The summed E-state index contributed by atoms with van der Waals surface area (Å²) in [7, 11) is -3.71. The normalized spacial score (nSPS) is 14.5. The van der Waals surface area contributed by atoms with Gasteiger partial charge in [-0.25, -0.2) is 12.7 Å². The minimum absolute atomic E-state index is 0.0597. The predicted octanol–water partition coefficient (Wildman–Crippen LogP) is 2.62. The molecule has 1 saturated heterocycles. The molecular weight excluding hydrogens is 378 g/mol. The molecule has 1 aliphatic heterocycles. The molecule has 2 rings (SSSR count). The molecule has 8 heteroatoms. The van der Waals surface area contributed by atoms with Crippen molar-refractivity contribution in [2.45, 2.75) is 58.8 Å². The number of unbranched alkanes of at least 4 members (excludes halogenated alkanes) is 1. The van der Waals surface area contributed by atoms with E-state index in [9.17, 15) is 18.0 Å². The van der Waals surface area contributed by atoms with E-state index in [2.05, 4.69) is 11.9 Å². The van der Waals surface area contributed by atoms with Crippen LogP contribution in [0.2, 0.25) is 0 Å². The highest BCUT2D eigenvalue weighted by Crippen LogP contribution is 2.14. The Labute approximate surface area is 168 Å². The quantitative estimate of drug-likeness (QED) is 0.561. The van der Waals surface area contributed by atoms with Crippen LogP contribution in [0.3, 0.4) is 0 Å². The van der Waals surface area contributed by atoms with Crippen molar-refractivity contribution in [1.29, 1.82) is 0 Å². The van der Waals surface area contributed by atoms with Crippen LogP contribution in [0.15, 0.2) is 18.3 Å². The van der Waals surface area contributed by atoms with Gasteiger partial charge in [-0.3, -0.25) is 14.6 Å². The third-order valence-electron chi connectivity index (χ3n) is 4.85. The molecule has 28 heavy (non-hydrogen) atoms. The Bertz CT molecular complexity index is 762. The molecule has 0 spiro atoms. The molecule has 1 fully saturated rings. The summed E-state index contributed by atoms with van der Waals surface area (Å²) in [6, 6.07) is 3.44. The Morgan fingerprint density at radius 2 is 2.00 bits per heavy atom. The van der Waals surface area contributed by atoms with Crippen molar-refractivity contribution in [2.75, 3.05) is 25.4 Å². The number of hydrogen-bond donors (Lipinski definition) is 0. The second kappa shape index (κ2) is 10.5. The Morgan fingerprint density at radius 1 is 1.21 bits per heavy atom. The Balaban J connectivity index is 2.09. The molecule has 7 nitrogen and oxygen atoms in total. The number of amides is 2. The first kappa shape index (κ1) is 22.3. The van der Waals surface area contributed by atoms with Crippen molar-refractivity contribution in [3.8, 4) is 0 Å². The van der Waals surface area contributed by atoms with Crippen LogP contribution in [0.1, 0.15) is 68.4 Å². The number of aromatic nitrogens is 1. The first-order chi connectivity index (χ1) is 13.4. The van der Waals surface area contributed by atoms with Crippen LogP contribution in [0.25, 0.3) is 0 Å². The number of likely N-dealkylation sites (tertiary alicyclic amines) is 1. The molecule has 0 unspecified atom stereocenters. The van der Waals surface area contributed by atoms with E-state index in [0.717, 1.165) is 35.6 Å². The first-order valence-electron chi connectivity index (χ1n) is 10.2. The second-order valence-electron chi connectivity index (χ2n) is 7.19. The molecule has 1 aliphatic rings. The highest BCUT2D eigenvalue weighted by atomic mass is 32.2. The van der Waals surface area contributed by atoms with Gasteiger partial charge in [0, 0.05) is 32.3 Å². The summed E-state index contributed by atoms with van der Waals surface area (Å²) >= 11 is 0. The van der Waals surface area contributed by atoms with E-state index in [1.165, 1.54) is 0 Å². The number of aryl methyl sites for hydroxylation is 1. The van der Waals surface area contributed by atoms with Gasteiger partial charge in [-0.15, -0.1) is 0 Å². The Hall–Kier alpha value is -1.96. The molecule has 1 aromatic heterocycles. The summed E-state index contributed by atoms with van der Waals surface area (Å²) in [6.45, 7) is 5.11. The van der Waals surface area contributed by atoms with Crippen LogP contribution in [-0.4, -0.2) is 59.8 Å². The van der Waals surface area contributed by atoms with Crippen molar-refractivity contribution in [1.82, 2.24) is 14.2 Å². The summed E-state index contributed by atoms with van der Waals surface area (Å²) in [6.07, 6.45) is 6.89. The first-order valence-corrected chi connectivity index (χ1v) is 11.8. The van der Waals surface area contributed by atoms with Gasteiger partial charge >= 0.3 is 0 Å². The van der Waals surface area contributed by atoms with E-state index in [1.807, 2.05) is 6.07 Å². The zero-order valence-electron chi connectivity index (χ0n) is 16.9. The lowest BCUT2D eigenvalue weighted by molar-refractivity contribution is -0.127. The minimum atomic E-state index is -3.71. The van der Waals surface area contributed by atoms with E-state index < -0.39 is 15.9 Å². The fourth-order valence-electron chi connectivity index (χ4n) is 3.29. The average molecular weight is 410 g/mol. The standard InChI is InChI=1S/C20H31N3O4S/c1-3-5-8-17-10-11-18(21-16-17)20(25)23(28(26,27)15-4-2)14-7-13-22-12-6-9-19(22)24/h10-11,16H,3-9,12-15H2,1-2H3. The van der Waals surface area contributed by atoms with Gasteiger partial charge in [0.25, 0.3) is 5.91 Å². The second-order valence-corrected chi connectivity index (χ2v) is 9.20. The summed E-state index contributed by atoms with van der Waals surface area (Å²) in [4.78, 5) is 30.6. The molecule has 2 amide bonds. The molecule has 0 saturated carbocycles. The maximum Gasteiger partial charge on any atom is 0.285 e. The number of sulfonamides is 1. The van der Waals surface area contributed by atoms with E-state index in [4.69, 9.17) is 0 Å². The molecular formula is C20H31N3O4S. The lowest BCUT2D eigenvalue weighted by Gasteiger charge is -2.23. The topological polar surface area (TPSA) is 87.7 Å². The smallest absolute Gasteiger partial charge is 0.285 e. The Morgan fingerprint density at radius 3 is 2.57 bits per heavy atom. The van der Waals surface area contributed by atoms with Crippen molar-refractivity contribution < 1.29 is 18.0 Å². The number of nitrogens with zero attached hydrogens (tertiary/aromatic N) is 3. The lowest BCUT2D eigenvalue weighted by atomic mass is 10.1. The van der Waals surface area contributed by atoms with E-state index in [1.54, 1.807) is 24.1 Å². The summed E-state index contributed by atoms with van der Waals surface area (Å²) in [5, 5.41) is 0. The molecule has 0 N–H and O–H groups in total. The van der Waals surface area contributed by atoms with Crippen molar-refractivity contribution in [3.05, 3.63) is 29.6 Å². The monoisotopic (exact) mass is 409 g/mol. The summed E-state index contributed by atoms with van der Waals surface area (Å²) < 4.78 is 26.2. The molecule has 156 valence electrons. The van der Waals surface area contributed by atoms with Crippen molar-refractivity contribution in [2.24, 2.45) is 0 Å². The largest absolute Gasteiger partial charge is 0.343 e. The summed E-state index contributed by atoms with van der Waals surface area (Å²) in [5.41, 5.74) is 1.17. The number of hydrogen-bond acceptors (Lipinski definition) is 5. The highest BCUT2D eigenvalue weighted by Gasteiger charge is 2.29. The molecule has 1 aromatic rings. The van der Waals surface area contributed by atoms with Gasteiger partial charge in [0.1, 0.15) is 5.69 Å². The maximum absolute atomic E-state index is 12.9. The number of carbonyl (C=O) groups excluding carboxylic acids is 2. The fraction of sp³-hybridized carbons (Fsp3) is 0.650. The number of rotatable bonds is 11. The van der Waals surface area contributed by atoms with Gasteiger partial charge in [0.15, 0.2) is 0 Å². The molecule has 0 bridgehead atoms. The van der Waals surface area contributed by atoms with E-state index >= 15 is 0 Å². The summed E-state index contributed by atoms with van der Waals surface area (Å²) in [5.74, 6) is -0.586. The molecule has 0 radical (unpaired) electrons. The van der Waals surface area contributed by atoms with Crippen LogP contribution in [-0.2, 0) is 21.2 Å². The van der Waals surface area contributed by atoms with Gasteiger partial charge < -0.3 is 4.90 Å². The number of pyridine rings is 1. The maximum atomic E-state index is 12.9. The molecule has 0 aromatic carbocycles. The van der Waals surface area contributed by atoms with Gasteiger partial charge in [0.2, 0.25) is 15.9 Å². The van der Waals surface area contributed by atoms with Gasteiger partial charge in [0.05, 0.1) is 5.75 Å². The van der Waals surface area contributed by atoms with Crippen LogP contribution >= 0.6 is 0 Å². The third-order valence-corrected chi connectivity index (χ3v) is 6.79. The fourth-order valence-corrected chi connectivity index (χ4v) is 4.78. The third kappa shape index (κ3) is 6.02. The Kier molecular flexibility index (Phi) is 8.41.